The van der Waals surface area contributed by atoms with Gasteiger partial charge < -0.3 is 24.5 Å². The number of ether oxygens (including phenoxy) is 1. The molecule has 4 rings (SSSR count). The highest BCUT2D eigenvalue weighted by molar-refractivity contribution is 8.02. The fourth-order valence-corrected chi connectivity index (χ4v) is 6.54. The molecule has 3 heterocycles. The van der Waals surface area contributed by atoms with E-state index in [-0.39, 0.29) is 44.0 Å². The molecule has 4 atom stereocenters. The van der Waals surface area contributed by atoms with Gasteiger partial charge in [-0.1, -0.05) is 42.1 Å². The zero-order valence-electron chi connectivity index (χ0n) is 20.4. The van der Waals surface area contributed by atoms with Crippen molar-refractivity contribution in [3.63, 3.8) is 0 Å². The van der Waals surface area contributed by atoms with E-state index in [1.165, 1.54) is 9.80 Å². The molecule has 0 aliphatic carbocycles. The van der Waals surface area contributed by atoms with Gasteiger partial charge in [0.15, 0.2) is 0 Å². The van der Waals surface area contributed by atoms with Crippen LogP contribution >= 0.6 is 11.8 Å². The van der Waals surface area contributed by atoms with Gasteiger partial charge in [-0.05, 0) is 32.8 Å². The molecule has 3 aliphatic rings. The van der Waals surface area contributed by atoms with Crippen molar-refractivity contribution in [2.45, 2.75) is 61.9 Å². The Balaban J connectivity index is 1.45. The Morgan fingerprint density at radius 3 is 2.50 bits per heavy atom. The molecule has 1 aromatic carbocycles. The summed E-state index contributed by atoms with van der Waals surface area (Å²) in [5.74, 6) is -2.30. The first kappa shape index (κ1) is 26.1. The molecule has 0 saturated carbocycles. The lowest BCUT2D eigenvalue weighted by Crippen LogP contribution is -2.60. The minimum Gasteiger partial charge on any atom is -0.541 e. The van der Waals surface area contributed by atoms with Crippen molar-refractivity contribution in [1.29, 1.82) is 0 Å². The second kappa shape index (κ2) is 9.80. The van der Waals surface area contributed by atoms with E-state index in [1.807, 2.05) is 30.3 Å². The van der Waals surface area contributed by atoms with E-state index in [0.717, 1.165) is 17.3 Å². The lowest BCUT2D eigenvalue weighted by Gasteiger charge is -2.41. The van der Waals surface area contributed by atoms with Crippen molar-refractivity contribution < 1.29 is 33.4 Å². The third kappa shape index (κ3) is 4.95. The average Bonchev–Trinajstić information content (AvgIpc) is 3.36. The van der Waals surface area contributed by atoms with Gasteiger partial charge in [0.2, 0.25) is 16.7 Å². The van der Waals surface area contributed by atoms with Crippen molar-refractivity contribution in [2.24, 2.45) is 5.92 Å². The van der Waals surface area contributed by atoms with Crippen LogP contribution in [0, 0.1) is 5.92 Å². The van der Waals surface area contributed by atoms with Crippen LogP contribution in [0.2, 0.25) is 0 Å². The molecule has 3 fully saturated rings. The number of rotatable bonds is 7. The van der Waals surface area contributed by atoms with Crippen molar-refractivity contribution in [3.05, 3.63) is 35.9 Å². The average molecular weight is 513 g/mol. The van der Waals surface area contributed by atoms with E-state index in [0.29, 0.717) is 0 Å². The van der Waals surface area contributed by atoms with Gasteiger partial charge in [0, 0.05) is 19.4 Å². The van der Waals surface area contributed by atoms with Crippen molar-refractivity contribution in [2.75, 3.05) is 13.1 Å². The van der Waals surface area contributed by atoms with E-state index in [9.17, 15) is 24.0 Å². The van der Waals surface area contributed by atoms with Crippen LogP contribution in [0.4, 0.5) is 4.79 Å². The molecule has 3 aliphatic heterocycles. The van der Waals surface area contributed by atoms with E-state index in [2.05, 4.69) is 9.97 Å². The molecule has 36 heavy (non-hydrogen) atoms. The number of nitrogens with zero attached hydrogens (tertiary/aromatic N) is 2. The van der Waals surface area contributed by atoms with E-state index in [1.54, 1.807) is 20.8 Å². The third-order valence-corrected chi connectivity index (χ3v) is 8.13. The quantitative estimate of drug-likeness (QED) is 0.426. The Hall–Kier alpha value is -3.02. The van der Waals surface area contributed by atoms with Crippen molar-refractivity contribution in [3.8, 4) is 0 Å². The summed E-state index contributed by atoms with van der Waals surface area (Å²) in [6, 6.07) is 8.35. The summed E-state index contributed by atoms with van der Waals surface area (Å²) in [5, 5.41) is 2.08. The highest BCUT2D eigenvalue weighted by Gasteiger charge is 2.66. The molecule has 0 spiro atoms. The van der Waals surface area contributed by atoms with Crippen LogP contribution in [0.3, 0.4) is 0 Å². The second-order valence-corrected chi connectivity index (χ2v) is 11.5. The number of benzene rings is 1. The normalized spacial score (nSPS) is 27.4. The SMILES string of the molecule is [B]OC(=O)[C@@]1(N2CC[C@@H](NC(=O)OC(C)(C)C)C2=O)CN2C(=O)C(CC(=O)Cc3ccccc3)[C@H]2S1. The molecular formula is C24H28BN3O7S. The summed E-state index contributed by atoms with van der Waals surface area (Å²) in [4.78, 5) is 65.1. The van der Waals surface area contributed by atoms with E-state index < -0.39 is 45.8 Å². The Kier molecular flexibility index (Phi) is 7.09. The number of ketones is 1. The number of hydrogen-bond acceptors (Lipinski definition) is 8. The predicted molar refractivity (Wildman–Crippen MR) is 130 cm³/mol. The fraction of sp³-hybridized carbons (Fsp3) is 0.542. The molecule has 1 N–H and O–H groups in total. The fourth-order valence-electron chi connectivity index (χ4n) is 4.79. The number of likely N-dealkylation sites (tertiary alicyclic amines) is 1. The van der Waals surface area contributed by atoms with Crippen LogP contribution in [-0.4, -0.2) is 82.5 Å². The van der Waals surface area contributed by atoms with E-state index in [4.69, 9.17) is 12.8 Å². The number of Topliss-reactive ketones (excluding diaryl/α,β-unsaturated/α-hetero) is 1. The summed E-state index contributed by atoms with van der Waals surface area (Å²) < 4.78 is 9.80. The Bertz CT molecular complexity index is 1080. The number of carbonyl (C=O) groups is 5. The third-order valence-electron chi connectivity index (χ3n) is 6.40. The van der Waals surface area contributed by atoms with Gasteiger partial charge in [0.05, 0.1) is 17.8 Å². The first-order valence-electron chi connectivity index (χ1n) is 11.7. The maximum Gasteiger partial charge on any atom is 0.408 e. The Labute approximate surface area is 214 Å². The van der Waals surface area contributed by atoms with Crippen LogP contribution in [0.25, 0.3) is 0 Å². The van der Waals surface area contributed by atoms with Crippen molar-refractivity contribution in [1.82, 2.24) is 15.1 Å². The summed E-state index contributed by atoms with van der Waals surface area (Å²) in [5.41, 5.74) is 0.120. The first-order valence-corrected chi connectivity index (χ1v) is 12.6. The van der Waals surface area contributed by atoms with Crippen LogP contribution in [0.15, 0.2) is 30.3 Å². The second-order valence-electron chi connectivity index (χ2n) is 10.2. The monoisotopic (exact) mass is 513 g/mol. The highest BCUT2D eigenvalue weighted by atomic mass is 32.2. The number of alkyl carbamates (subject to hydrolysis) is 1. The first-order chi connectivity index (χ1) is 16.9. The molecule has 2 radical (unpaired) electrons. The van der Waals surface area contributed by atoms with Gasteiger partial charge in [-0.15, -0.1) is 0 Å². The molecule has 190 valence electrons. The number of hydrogen-bond donors (Lipinski definition) is 1. The van der Waals surface area contributed by atoms with Gasteiger partial charge in [-0.25, -0.2) is 4.79 Å². The lowest BCUT2D eigenvalue weighted by atomic mass is 9.90. The lowest BCUT2D eigenvalue weighted by molar-refractivity contribution is -0.156. The van der Waals surface area contributed by atoms with Gasteiger partial charge >= 0.3 is 20.1 Å². The standard InChI is InChI=1S/C24H28BN3O7S/c1-23(2,3)34-22(33)26-17-9-10-28(19(17)31)24(21(32)35-25)13-27-18(30)16(20(27)36-24)12-15(29)11-14-7-5-4-6-8-14/h4-8,16-17,20H,9-13H2,1-3H3,(H,26,33)/t16?,17-,20-,24-/m1/s1. The van der Waals surface area contributed by atoms with Crippen LogP contribution < -0.4 is 5.32 Å². The maximum absolute atomic E-state index is 13.2. The zero-order valence-corrected chi connectivity index (χ0v) is 21.2. The van der Waals surface area contributed by atoms with Crippen LogP contribution in [0.1, 0.15) is 39.2 Å². The minimum atomic E-state index is -1.56. The number of amides is 3. The molecule has 0 bridgehead atoms. The highest BCUT2D eigenvalue weighted by Crippen LogP contribution is 2.53. The topological polar surface area (TPSA) is 122 Å². The number of nitrogens with one attached hydrogen (secondary N) is 1. The van der Waals surface area contributed by atoms with Gasteiger partial charge in [-0.2, -0.15) is 0 Å². The molecule has 3 saturated heterocycles. The zero-order chi connectivity index (χ0) is 26.3. The smallest absolute Gasteiger partial charge is 0.408 e. The van der Waals surface area contributed by atoms with Crippen LogP contribution in [0.5, 0.6) is 0 Å². The maximum atomic E-state index is 13.2. The summed E-state index contributed by atoms with van der Waals surface area (Å²) >= 11 is 1.09. The molecule has 3 amide bonds. The molecule has 10 nitrogen and oxygen atoms in total. The minimum absolute atomic E-state index is 0.0341. The summed E-state index contributed by atoms with van der Waals surface area (Å²) in [7, 11) is 5.23. The number of β-lactam (4-membered cyclic amide) rings is 1. The summed E-state index contributed by atoms with van der Waals surface area (Å²) in [6.07, 6.45) is -0.253. The molecule has 1 aromatic rings. The number of fused-ring (bicyclic) bond motifs is 1. The summed E-state index contributed by atoms with van der Waals surface area (Å²) in [6.45, 7) is 5.16. The molecular weight excluding hydrogens is 485 g/mol. The van der Waals surface area contributed by atoms with Gasteiger partial charge in [-0.3, -0.25) is 19.2 Å². The molecule has 1 unspecified atom stereocenters. The Morgan fingerprint density at radius 2 is 1.86 bits per heavy atom. The van der Waals surface area contributed by atoms with Crippen LogP contribution in [-0.2, 0) is 35.0 Å². The van der Waals surface area contributed by atoms with Gasteiger partial charge in [0.25, 0.3) is 0 Å². The molecule has 0 aromatic heterocycles. The van der Waals surface area contributed by atoms with Crippen molar-refractivity contribution >= 4 is 49.5 Å². The van der Waals surface area contributed by atoms with E-state index >= 15 is 0 Å². The number of thioether (sulfide) groups is 1. The Morgan fingerprint density at radius 1 is 1.17 bits per heavy atom. The predicted octanol–water partition coefficient (Wildman–Crippen LogP) is 1.17. The molecule has 12 heteroatoms. The number of carbonyl (C=O) groups excluding carboxylic acids is 5. The largest absolute Gasteiger partial charge is 0.541 e. The van der Waals surface area contributed by atoms with Gasteiger partial charge in [0.1, 0.15) is 17.4 Å².